The summed E-state index contributed by atoms with van der Waals surface area (Å²) in [4.78, 5) is 17.4. The molecule has 0 aliphatic rings. The van der Waals surface area contributed by atoms with E-state index in [0.717, 1.165) is 26.5 Å². The molecule has 4 nitrogen and oxygen atoms in total. The van der Waals surface area contributed by atoms with E-state index in [4.69, 9.17) is 16.3 Å². The Morgan fingerprint density at radius 3 is 2.64 bits per heavy atom. The van der Waals surface area contributed by atoms with Gasteiger partial charge in [0.15, 0.2) is 0 Å². The van der Waals surface area contributed by atoms with Gasteiger partial charge in [-0.2, -0.15) is 0 Å². The topological polar surface area (TPSA) is 51.2 Å². The second kappa shape index (κ2) is 8.00. The molecule has 4 aromatic rings. The number of amides is 1. The van der Waals surface area contributed by atoms with Crippen LogP contribution >= 0.6 is 22.9 Å². The number of hydrogen-bond donors (Lipinski definition) is 1. The van der Waals surface area contributed by atoms with Crippen LogP contribution in [-0.4, -0.2) is 17.5 Å². The third-order valence-electron chi connectivity index (χ3n) is 4.18. The minimum absolute atomic E-state index is 0.201. The number of hydrogen-bond acceptors (Lipinski definition) is 4. The molecule has 0 saturated carbocycles. The first kappa shape index (κ1) is 18.5. The minimum Gasteiger partial charge on any atom is -0.494 e. The van der Waals surface area contributed by atoms with E-state index >= 15 is 0 Å². The summed E-state index contributed by atoms with van der Waals surface area (Å²) in [7, 11) is 0. The molecule has 0 spiro atoms. The zero-order chi connectivity index (χ0) is 19.5. The van der Waals surface area contributed by atoms with Gasteiger partial charge in [-0.3, -0.25) is 4.79 Å². The zero-order valence-corrected chi connectivity index (χ0v) is 16.7. The number of para-hydroxylation sites is 1. The van der Waals surface area contributed by atoms with E-state index in [1.165, 1.54) is 0 Å². The van der Waals surface area contributed by atoms with Gasteiger partial charge in [-0.15, -0.1) is 11.3 Å². The van der Waals surface area contributed by atoms with Gasteiger partial charge in [0, 0.05) is 16.1 Å². The Bertz CT molecular complexity index is 1110. The van der Waals surface area contributed by atoms with E-state index in [0.29, 0.717) is 22.9 Å². The van der Waals surface area contributed by atoms with Crippen molar-refractivity contribution < 1.29 is 9.53 Å². The number of thiazole rings is 1. The molecule has 0 aliphatic carbocycles. The summed E-state index contributed by atoms with van der Waals surface area (Å²) in [6, 6.07) is 20.4. The Labute approximate surface area is 171 Å². The molecular weight excluding hydrogens is 392 g/mol. The number of ether oxygens (including phenoxy) is 1. The van der Waals surface area contributed by atoms with Crippen molar-refractivity contribution in [3.8, 4) is 16.3 Å². The van der Waals surface area contributed by atoms with Crippen LogP contribution < -0.4 is 10.1 Å². The standard InChI is InChI=1S/C22H17ClN2O2S/c1-2-27-16-10-7-14(8-11-16)21(26)24-18-12-9-15(23)13-17(18)22-25-19-5-3-4-6-20(19)28-22/h3-13H,2H2,1H3,(H,24,26). The second-order valence-electron chi connectivity index (χ2n) is 6.09. The number of anilines is 1. The summed E-state index contributed by atoms with van der Waals surface area (Å²) in [5.41, 5.74) is 2.94. The highest BCUT2D eigenvalue weighted by atomic mass is 35.5. The number of carbonyl (C=O) groups excluding carboxylic acids is 1. The van der Waals surface area contributed by atoms with Crippen molar-refractivity contribution in [3.63, 3.8) is 0 Å². The maximum absolute atomic E-state index is 12.7. The molecule has 1 N–H and O–H groups in total. The SMILES string of the molecule is CCOc1ccc(C(=O)Nc2ccc(Cl)cc2-c2nc3ccccc3s2)cc1. The van der Waals surface area contributed by atoms with Crippen molar-refractivity contribution in [2.75, 3.05) is 11.9 Å². The van der Waals surface area contributed by atoms with Gasteiger partial charge in [-0.05, 0) is 61.5 Å². The van der Waals surface area contributed by atoms with Gasteiger partial charge in [-0.25, -0.2) is 4.98 Å². The lowest BCUT2D eigenvalue weighted by atomic mass is 10.1. The minimum atomic E-state index is -0.201. The quantitative estimate of drug-likeness (QED) is 0.423. The summed E-state index contributed by atoms with van der Waals surface area (Å²) >= 11 is 7.78. The van der Waals surface area contributed by atoms with Gasteiger partial charge in [0.05, 0.1) is 22.5 Å². The molecule has 1 amide bonds. The Morgan fingerprint density at radius 1 is 1.11 bits per heavy atom. The van der Waals surface area contributed by atoms with Gasteiger partial charge in [-0.1, -0.05) is 23.7 Å². The van der Waals surface area contributed by atoms with Crippen molar-refractivity contribution in [1.82, 2.24) is 4.98 Å². The first-order valence-electron chi connectivity index (χ1n) is 8.84. The predicted molar refractivity (Wildman–Crippen MR) is 116 cm³/mol. The number of benzene rings is 3. The maximum atomic E-state index is 12.7. The zero-order valence-electron chi connectivity index (χ0n) is 15.1. The number of rotatable bonds is 5. The molecule has 3 aromatic carbocycles. The Balaban J connectivity index is 1.65. The van der Waals surface area contributed by atoms with Crippen LogP contribution in [0.25, 0.3) is 20.8 Å². The van der Waals surface area contributed by atoms with Gasteiger partial charge in [0.25, 0.3) is 5.91 Å². The average molecular weight is 409 g/mol. The summed E-state index contributed by atoms with van der Waals surface area (Å²) in [6.45, 7) is 2.51. The lowest BCUT2D eigenvalue weighted by Gasteiger charge is -2.10. The molecule has 0 bridgehead atoms. The van der Waals surface area contributed by atoms with Gasteiger partial charge >= 0.3 is 0 Å². The Morgan fingerprint density at radius 2 is 1.89 bits per heavy atom. The average Bonchev–Trinajstić information content (AvgIpc) is 3.14. The van der Waals surface area contributed by atoms with Crippen LogP contribution in [0.5, 0.6) is 5.75 Å². The normalized spacial score (nSPS) is 10.8. The Kier molecular flexibility index (Phi) is 5.28. The van der Waals surface area contributed by atoms with Crippen LogP contribution in [0, 0.1) is 0 Å². The predicted octanol–water partition coefficient (Wildman–Crippen LogP) is 6.27. The molecule has 1 aromatic heterocycles. The Hall–Kier alpha value is -2.89. The molecule has 0 radical (unpaired) electrons. The summed E-state index contributed by atoms with van der Waals surface area (Å²) in [6.07, 6.45) is 0. The fourth-order valence-electron chi connectivity index (χ4n) is 2.85. The van der Waals surface area contributed by atoms with E-state index in [-0.39, 0.29) is 5.91 Å². The van der Waals surface area contributed by atoms with E-state index in [1.807, 2.05) is 37.3 Å². The van der Waals surface area contributed by atoms with E-state index in [1.54, 1.807) is 47.7 Å². The molecule has 1 heterocycles. The molecular formula is C22H17ClN2O2S. The number of fused-ring (bicyclic) bond motifs is 1. The van der Waals surface area contributed by atoms with Crippen molar-refractivity contribution in [1.29, 1.82) is 0 Å². The molecule has 6 heteroatoms. The highest BCUT2D eigenvalue weighted by Gasteiger charge is 2.14. The van der Waals surface area contributed by atoms with Gasteiger partial charge in [0.1, 0.15) is 10.8 Å². The van der Waals surface area contributed by atoms with Gasteiger partial charge in [0.2, 0.25) is 0 Å². The molecule has 140 valence electrons. The third kappa shape index (κ3) is 3.86. The molecule has 0 fully saturated rings. The smallest absolute Gasteiger partial charge is 0.255 e. The summed E-state index contributed by atoms with van der Waals surface area (Å²) < 4.78 is 6.51. The second-order valence-corrected chi connectivity index (χ2v) is 7.56. The third-order valence-corrected chi connectivity index (χ3v) is 5.49. The van der Waals surface area contributed by atoms with Crippen LogP contribution in [0.1, 0.15) is 17.3 Å². The molecule has 4 rings (SSSR count). The van der Waals surface area contributed by atoms with Crippen molar-refractivity contribution in [2.45, 2.75) is 6.92 Å². The highest BCUT2D eigenvalue weighted by Crippen LogP contribution is 2.36. The molecule has 28 heavy (non-hydrogen) atoms. The number of nitrogens with one attached hydrogen (secondary N) is 1. The first-order chi connectivity index (χ1) is 13.6. The van der Waals surface area contributed by atoms with Crippen LogP contribution in [-0.2, 0) is 0 Å². The molecule has 0 atom stereocenters. The fourth-order valence-corrected chi connectivity index (χ4v) is 4.02. The number of aromatic nitrogens is 1. The lowest BCUT2D eigenvalue weighted by molar-refractivity contribution is 0.102. The molecule has 0 saturated heterocycles. The number of nitrogens with zero attached hydrogens (tertiary/aromatic N) is 1. The monoisotopic (exact) mass is 408 g/mol. The number of halogens is 1. The molecule has 0 aliphatic heterocycles. The van der Waals surface area contributed by atoms with E-state index < -0.39 is 0 Å². The van der Waals surface area contributed by atoms with Crippen LogP contribution in [0.2, 0.25) is 5.02 Å². The first-order valence-corrected chi connectivity index (χ1v) is 10.0. The van der Waals surface area contributed by atoms with Crippen molar-refractivity contribution in [2.24, 2.45) is 0 Å². The molecule has 0 unspecified atom stereocenters. The van der Waals surface area contributed by atoms with Crippen molar-refractivity contribution >= 4 is 44.7 Å². The lowest BCUT2D eigenvalue weighted by Crippen LogP contribution is -2.12. The summed E-state index contributed by atoms with van der Waals surface area (Å²) in [5.74, 6) is 0.536. The number of carbonyl (C=O) groups is 1. The largest absolute Gasteiger partial charge is 0.494 e. The van der Waals surface area contributed by atoms with Crippen LogP contribution in [0.15, 0.2) is 66.7 Å². The maximum Gasteiger partial charge on any atom is 0.255 e. The summed E-state index contributed by atoms with van der Waals surface area (Å²) in [5, 5.41) is 4.38. The fraction of sp³-hybridized carbons (Fsp3) is 0.0909. The van der Waals surface area contributed by atoms with Crippen LogP contribution in [0.4, 0.5) is 5.69 Å². The van der Waals surface area contributed by atoms with E-state index in [9.17, 15) is 4.79 Å². The van der Waals surface area contributed by atoms with Crippen LogP contribution in [0.3, 0.4) is 0 Å². The van der Waals surface area contributed by atoms with Gasteiger partial charge < -0.3 is 10.1 Å². The van der Waals surface area contributed by atoms with E-state index in [2.05, 4.69) is 10.3 Å². The highest BCUT2D eigenvalue weighted by molar-refractivity contribution is 7.21. The van der Waals surface area contributed by atoms with Crippen molar-refractivity contribution in [3.05, 3.63) is 77.3 Å².